The lowest BCUT2D eigenvalue weighted by Gasteiger charge is -2.24. The van der Waals surface area contributed by atoms with Gasteiger partial charge in [-0.15, -0.1) is 0 Å². The van der Waals surface area contributed by atoms with Crippen LogP contribution in [0.2, 0.25) is 0 Å². The molecule has 0 spiro atoms. The van der Waals surface area contributed by atoms with Crippen LogP contribution in [0.5, 0.6) is 5.75 Å². The lowest BCUT2D eigenvalue weighted by atomic mass is 9.75. The molecule has 0 fully saturated rings. The highest BCUT2D eigenvalue weighted by Crippen LogP contribution is 2.27. The minimum atomic E-state index is -1.63. The molecule has 3 rings (SSSR count). The Bertz CT molecular complexity index is 956. The van der Waals surface area contributed by atoms with Gasteiger partial charge in [-0.2, -0.15) is 0 Å². The van der Waals surface area contributed by atoms with Crippen molar-refractivity contribution in [3.8, 4) is 5.75 Å². The number of nitrogens with one attached hydrogen (secondary N) is 1. The van der Waals surface area contributed by atoms with Crippen LogP contribution < -0.4 is 10.1 Å². The molecule has 0 saturated heterocycles. The van der Waals surface area contributed by atoms with Gasteiger partial charge in [-0.05, 0) is 29.4 Å². The van der Waals surface area contributed by atoms with Crippen LogP contribution in [0.15, 0.2) is 72.8 Å². The molecule has 156 valence electrons. The Kier molecular flexibility index (Phi) is 7.49. The van der Waals surface area contributed by atoms with E-state index in [1.54, 1.807) is 0 Å². The van der Waals surface area contributed by atoms with Crippen molar-refractivity contribution in [2.24, 2.45) is 5.92 Å². The average Bonchev–Trinajstić information content (AvgIpc) is 2.73. The summed E-state index contributed by atoms with van der Waals surface area (Å²) in [7, 11) is -1.63. The predicted molar refractivity (Wildman–Crippen MR) is 120 cm³/mol. The second-order valence-electron chi connectivity index (χ2n) is 7.93. The van der Waals surface area contributed by atoms with Crippen molar-refractivity contribution in [2.75, 3.05) is 0 Å². The van der Waals surface area contributed by atoms with E-state index >= 15 is 0 Å². The van der Waals surface area contributed by atoms with Crippen molar-refractivity contribution in [3.05, 3.63) is 78.4 Å². The maximum Gasteiger partial charge on any atom is 0.475 e. The van der Waals surface area contributed by atoms with Crippen LogP contribution in [0.4, 0.5) is 0 Å². The number of benzene rings is 3. The first-order valence-corrected chi connectivity index (χ1v) is 10.3. The Morgan fingerprint density at radius 3 is 2.33 bits per heavy atom. The summed E-state index contributed by atoms with van der Waals surface area (Å²) in [6, 6.07) is 23.2. The molecule has 0 saturated carbocycles. The summed E-state index contributed by atoms with van der Waals surface area (Å²) >= 11 is 0. The molecule has 3 aromatic rings. The molecule has 6 heteroatoms. The molecule has 1 amide bonds. The minimum absolute atomic E-state index is 0.198. The number of carbonyl (C=O) groups is 1. The van der Waals surface area contributed by atoms with Gasteiger partial charge in [0.1, 0.15) is 5.75 Å². The van der Waals surface area contributed by atoms with E-state index in [0.717, 1.165) is 16.3 Å². The Balaban J connectivity index is 1.87. The SMILES string of the molecule is CC(C)C[C@H](NC(=O)[C@H](Cc1ccccc1)Oc1cccc2ccccc12)B(O)O. The fraction of sp³-hybridized carbons (Fsp3) is 0.292. The van der Waals surface area contributed by atoms with E-state index in [0.29, 0.717) is 18.6 Å². The number of carbonyl (C=O) groups excluding carboxylic acids is 1. The molecular weight excluding hydrogens is 377 g/mol. The van der Waals surface area contributed by atoms with Crippen molar-refractivity contribution < 1.29 is 19.6 Å². The molecule has 2 atom stereocenters. The van der Waals surface area contributed by atoms with Crippen molar-refractivity contribution in [1.29, 1.82) is 0 Å². The Labute approximate surface area is 177 Å². The van der Waals surface area contributed by atoms with E-state index in [1.807, 2.05) is 86.6 Å². The van der Waals surface area contributed by atoms with E-state index in [9.17, 15) is 14.8 Å². The minimum Gasteiger partial charge on any atom is -0.480 e. The van der Waals surface area contributed by atoms with Crippen molar-refractivity contribution >= 4 is 23.8 Å². The quantitative estimate of drug-likeness (QED) is 0.477. The van der Waals surface area contributed by atoms with Crippen LogP contribution in [-0.2, 0) is 11.2 Å². The van der Waals surface area contributed by atoms with Crippen LogP contribution in [0, 0.1) is 5.92 Å². The highest BCUT2D eigenvalue weighted by Gasteiger charge is 2.30. The normalized spacial score (nSPS) is 13.1. The highest BCUT2D eigenvalue weighted by molar-refractivity contribution is 6.43. The van der Waals surface area contributed by atoms with Gasteiger partial charge in [0.2, 0.25) is 0 Å². The summed E-state index contributed by atoms with van der Waals surface area (Å²) < 4.78 is 6.20. The zero-order chi connectivity index (χ0) is 21.5. The molecule has 0 bridgehead atoms. The summed E-state index contributed by atoms with van der Waals surface area (Å²) in [5.74, 6) is -0.310. The maximum atomic E-state index is 13.1. The lowest BCUT2D eigenvalue weighted by Crippen LogP contribution is -2.51. The van der Waals surface area contributed by atoms with Crippen LogP contribution in [0.25, 0.3) is 10.8 Å². The summed E-state index contributed by atoms with van der Waals surface area (Å²) in [5.41, 5.74) is 0.961. The highest BCUT2D eigenvalue weighted by atomic mass is 16.5. The van der Waals surface area contributed by atoms with Crippen molar-refractivity contribution in [1.82, 2.24) is 5.32 Å². The number of rotatable bonds is 9. The van der Waals surface area contributed by atoms with E-state index in [-0.39, 0.29) is 11.8 Å². The largest absolute Gasteiger partial charge is 0.480 e. The number of hydrogen-bond donors (Lipinski definition) is 3. The van der Waals surface area contributed by atoms with Gasteiger partial charge in [0.05, 0.1) is 5.94 Å². The van der Waals surface area contributed by atoms with Gasteiger partial charge < -0.3 is 20.1 Å². The van der Waals surface area contributed by atoms with Crippen LogP contribution in [0.3, 0.4) is 0 Å². The third kappa shape index (κ3) is 5.84. The molecule has 0 aliphatic heterocycles. The molecule has 3 N–H and O–H groups in total. The topological polar surface area (TPSA) is 78.8 Å². The smallest absolute Gasteiger partial charge is 0.475 e. The van der Waals surface area contributed by atoms with Gasteiger partial charge in [0, 0.05) is 11.8 Å². The van der Waals surface area contributed by atoms with E-state index in [1.165, 1.54) is 0 Å². The summed E-state index contributed by atoms with van der Waals surface area (Å²) in [6.45, 7) is 3.94. The summed E-state index contributed by atoms with van der Waals surface area (Å²) in [6.07, 6.45) is 0.00766. The zero-order valence-corrected chi connectivity index (χ0v) is 17.4. The van der Waals surface area contributed by atoms with Crippen LogP contribution in [-0.4, -0.2) is 35.1 Å². The number of fused-ring (bicyclic) bond motifs is 1. The average molecular weight is 405 g/mol. The van der Waals surface area contributed by atoms with Gasteiger partial charge in [-0.1, -0.05) is 80.6 Å². The van der Waals surface area contributed by atoms with Gasteiger partial charge in [-0.25, -0.2) is 0 Å². The Hall–Kier alpha value is -2.83. The first-order chi connectivity index (χ1) is 14.4. The second-order valence-corrected chi connectivity index (χ2v) is 7.93. The van der Waals surface area contributed by atoms with E-state index in [4.69, 9.17) is 4.74 Å². The number of hydrogen-bond acceptors (Lipinski definition) is 4. The number of amides is 1. The second kappa shape index (κ2) is 10.3. The number of ether oxygens (including phenoxy) is 1. The fourth-order valence-electron chi connectivity index (χ4n) is 3.51. The van der Waals surface area contributed by atoms with Gasteiger partial charge in [0.15, 0.2) is 6.10 Å². The third-order valence-electron chi connectivity index (χ3n) is 4.99. The van der Waals surface area contributed by atoms with Crippen molar-refractivity contribution in [3.63, 3.8) is 0 Å². The first-order valence-electron chi connectivity index (χ1n) is 10.3. The molecular formula is C24H28BNO4. The molecule has 5 nitrogen and oxygen atoms in total. The summed E-state index contributed by atoms with van der Waals surface area (Å²) in [5, 5.41) is 24.1. The molecule has 0 radical (unpaired) electrons. The lowest BCUT2D eigenvalue weighted by molar-refractivity contribution is -0.128. The molecule has 0 aliphatic carbocycles. The molecule has 30 heavy (non-hydrogen) atoms. The van der Waals surface area contributed by atoms with Gasteiger partial charge >= 0.3 is 7.12 Å². The van der Waals surface area contributed by atoms with Crippen LogP contribution in [0.1, 0.15) is 25.8 Å². The molecule has 0 aliphatic rings. The summed E-state index contributed by atoms with van der Waals surface area (Å²) in [4.78, 5) is 13.1. The Morgan fingerprint density at radius 2 is 1.63 bits per heavy atom. The zero-order valence-electron chi connectivity index (χ0n) is 17.4. The molecule has 0 aromatic heterocycles. The van der Waals surface area contributed by atoms with E-state index < -0.39 is 19.2 Å². The van der Waals surface area contributed by atoms with E-state index in [2.05, 4.69) is 5.32 Å². The monoisotopic (exact) mass is 405 g/mol. The standard InChI is InChI=1S/C24H28BNO4/c1-17(2)15-23(25(28)29)26-24(27)22(16-18-9-4-3-5-10-18)30-21-14-8-12-19-11-6-7-13-20(19)21/h3-14,17,22-23,28-29H,15-16H2,1-2H3,(H,26,27)/t22-,23-/m0/s1. The third-order valence-corrected chi connectivity index (χ3v) is 4.99. The molecule has 3 aromatic carbocycles. The predicted octanol–water partition coefficient (Wildman–Crippen LogP) is 3.37. The van der Waals surface area contributed by atoms with Gasteiger partial charge in [0.25, 0.3) is 5.91 Å². The Morgan fingerprint density at radius 1 is 0.967 bits per heavy atom. The molecule has 0 heterocycles. The maximum absolute atomic E-state index is 13.1. The molecule has 0 unspecified atom stereocenters. The van der Waals surface area contributed by atoms with Crippen molar-refractivity contribution in [2.45, 2.75) is 38.7 Å². The van der Waals surface area contributed by atoms with Crippen LogP contribution >= 0.6 is 0 Å². The first kappa shape index (κ1) is 21.9. The fourth-order valence-corrected chi connectivity index (χ4v) is 3.51. The van der Waals surface area contributed by atoms with Gasteiger partial charge in [-0.3, -0.25) is 4.79 Å².